The van der Waals surface area contributed by atoms with Crippen molar-refractivity contribution in [3.8, 4) is 11.3 Å². The van der Waals surface area contributed by atoms with Gasteiger partial charge in [0.25, 0.3) is 0 Å². The monoisotopic (exact) mass is 297 g/mol. The summed E-state index contributed by atoms with van der Waals surface area (Å²) in [4.78, 5) is 4.74. The zero-order valence-electron chi connectivity index (χ0n) is 10.0. The number of nitrogens with zero attached hydrogens (tertiary/aromatic N) is 1. The Balaban J connectivity index is 2.23. The predicted molar refractivity (Wildman–Crippen MR) is 79.6 cm³/mol. The SMILES string of the molecule is Cc1cc(Br)c2nc(-c3ccccc3)ccc2c1. The first-order chi connectivity index (χ1) is 8.74. The second kappa shape index (κ2) is 4.54. The van der Waals surface area contributed by atoms with E-state index < -0.39 is 0 Å². The average molecular weight is 298 g/mol. The molecule has 0 saturated heterocycles. The molecule has 0 fully saturated rings. The standard InChI is InChI=1S/C16H12BrN/c1-11-9-13-7-8-15(12-5-3-2-4-6-12)18-16(13)14(17)10-11/h2-10H,1H3. The van der Waals surface area contributed by atoms with E-state index >= 15 is 0 Å². The van der Waals surface area contributed by atoms with Gasteiger partial charge in [0.15, 0.2) is 0 Å². The highest BCUT2D eigenvalue weighted by Gasteiger charge is 2.04. The Morgan fingerprint density at radius 3 is 2.50 bits per heavy atom. The number of halogens is 1. The van der Waals surface area contributed by atoms with Gasteiger partial charge in [0, 0.05) is 15.4 Å². The normalized spacial score (nSPS) is 10.8. The lowest BCUT2D eigenvalue weighted by Gasteiger charge is -2.06. The number of rotatable bonds is 1. The van der Waals surface area contributed by atoms with E-state index in [0.29, 0.717) is 0 Å². The summed E-state index contributed by atoms with van der Waals surface area (Å²) in [6.07, 6.45) is 0. The Morgan fingerprint density at radius 2 is 1.72 bits per heavy atom. The van der Waals surface area contributed by atoms with Crippen LogP contribution in [0, 0.1) is 6.92 Å². The maximum atomic E-state index is 4.74. The van der Waals surface area contributed by atoms with Crippen molar-refractivity contribution in [2.75, 3.05) is 0 Å². The summed E-state index contributed by atoms with van der Waals surface area (Å²) in [5, 5.41) is 1.17. The van der Waals surface area contributed by atoms with Crippen LogP contribution in [0.5, 0.6) is 0 Å². The Kier molecular flexibility index (Phi) is 2.88. The molecule has 1 nitrogen and oxygen atoms in total. The summed E-state index contributed by atoms with van der Waals surface area (Å²) in [5.41, 5.74) is 4.41. The third-order valence-corrected chi connectivity index (χ3v) is 3.56. The second-order valence-electron chi connectivity index (χ2n) is 4.38. The zero-order chi connectivity index (χ0) is 12.5. The van der Waals surface area contributed by atoms with Crippen molar-refractivity contribution in [1.29, 1.82) is 0 Å². The number of benzene rings is 2. The fraction of sp³-hybridized carbons (Fsp3) is 0.0625. The van der Waals surface area contributed by atoms with Gasteiger partial charge in [-0.05, 0) is 46.6 Å². The van der Waals surface area contributed by atoms with Gasteiger partial charge in [0.2, 0.25) is 0 Å². The molecule has 0 aliphatic heterocycles. The summed E-state index contributed by atoms with van der Waals surface area (Å²) in [7, 11) is 0. The van der Waals surface area contributed by atoms with Crippen LogP contribution < -0.4 is 0 Å². The van der Waals surface area contributed by atoms with Crippen LogP contribution in [0.15, 0.2) is 59.1 Å². The van der Waals surface area contributed by atoms with Crippen molar-refractivity contribution in [2.45, 2.75) is 6.92 Å². The third-order valence-electron chi connectivity index (χ3n) is 2.96. The molecule has 0 aliphatic carbocycles. The van der Waals surface area contributed by atoms with Gasteiger partial charge in [-0.2, -0.15) is 0 Å². The lowest BCUT2D eigenvalue weighted by Crippen LogP contribution is -1.87. The minimum Gasteiger partial charge on any atom is -0.247 e. The minimum atomic E-state index is 1.01. The molecule has 3 aromatic rings. The van der Waals surface area contributed by atoms with Gasteiger partial charge in [0.1, 0.15) is 0 Å². The number of aromatic nitrogens is 1. The molecule has 3 rings (SSSR count). The smallest absolute Gasteiger partial charge is 0.0851 e. The van der Waals surface area contributed by atoms with Crippen molar-refractivity contribution in [2.24, 2.45) is 0 Å². The highest BCUT2D eigenvalue weighted by molar-refractivity contribution is 9.10. The summed E-state index contributed by atoms with van der Waals surface area (Å²) in [6, 6.07) is 18.7. The van der Waals surface area contributed by atoms with Crippen LogP contribution in [0.1, 0.15) is 5.56 Å². The van der Waals surface area contributed by atoms with E-state index in [1.165, 1.54) is 10.9 Å². The topological polar surface area (TPSA) is 12.9 Å². The zero-order valence-corrected chi connectivity index (χ0v) is 11.6. The van der Waals surface area contributed by atoms with E-state index in [4.69, 9.17) is 4.98 Å². The Hall–Kier alpha value is -1.67. The lowest BCUT2D eigenvalue weighted by atomic mass is 10.1. The number of hydrogen-bond acceptors (Lipinski definition) is 1. The largest absolute Gasteiger partial charge is 0.247 e. The molecule has 0 bridgehead atoms. The molecule has 0 saturated carbocycles. The Morgan fingerprint density at radius 1 is 0.944 bits per heavy atom. The molecule has 0 N–H and O–H groups in total. The molecule has 0 aliphatic rings. The van der Waals surface area contributed by atoms with Gasteiger partial charge in [0.05, 0.1) is 11.2 Å². The molecule has 18 heavy (non-hydrogen) atoms. The van der Waals surface area contributed by atoms with Crippen molar-refractivity contribution < 1.29 is 0 Å². The van der Waals surface area contributed by atoms with Crippen molar-refractivity contribution in [3.05, 3.63) is 64.6 Å². The maximum absolute atomic E-state index is 4.74. The van der Waals surface area contributed by atoms with Crippen LogP contribution in [-0.4, -0.2) is 4.98 Å². The molecular formula is C16H12BrN. The van der Waals surface area contributed by atoms with E-state index in [9.17, 15) is 0 Å². The minimum absolute atomic E-state index is 1.01. The van der Waals surface area contributed by atoms with E-state index in [1.54, 1.807) is 0 Å². The van der Waals surface area contributed by atoms with Gasteiger partial charge in [-0.1, -0.05) is 36.4 Å². The first kappa shape index (κ1) is 11.4. The number of fused-ring (bicyclic) bond motifs is 1. The molecule has 1 heterocycles. The molecule has 0 amide bonds. The number of hydrogen-bond donors (Lipinski definition) is 0. The summed E-state index contributed by atoms with van der Waals surface area (Å²) in [5.74, 6) is 0. The molecule has 0 spiro atoms. The molecule has 2 aromatic carbocycles. The van der Waals surface area contributed by atoms with Gasteiger partial charge in [-0.15, -0.1) is 0 Å². The summed E-state index contributed by atoms with van der Waals surface area (Å²) in [6.45, 7) is 2.09. The number of aryl methyl sites for hydroxylation is 1. The van der Waals surface area contributed by atoms with E-state index in [2.05, 4.69) is 59.3 Å². The molecular weight excluding hydrogens is 286 g/mol. The van der Waals surface area contributed by atoms with Gasteiger partial charge in [-0.25, -0.2) is 4.98 Å². The third kappa shape index (κ3) is 2.04. The fourth-order valence-electron chi connectivity index (χ4n) is 2.10. The maximum Gasteiger partial charge on any atom is 0.0851 e. The molecule has 88 valence electrons. The lowest BCUT2D eigenvalue weighted by molar-refractivity contribution is 1.37. The van der Waals surface area contributed by atoms with Crippen molar-refractivity contribution in [1.82, 2.24) is 4.98 Å². The molecule has 2 heteroatoms. The van der Waals surface area contributed by atoms with Crippen molar-refractivity contribution >= 4 is 26.8 Å². The van der Waals surface area contributed by atoms with E-state index in [1.807, 2.05) is 18.2 Å². The molecule has 1 aromatic heterocycles. The first-order valence-electron chi connectivity index (χ1n) is 5.86. The van der Waals surface area contributed by atoms with Crippen LogP contribution >= 0.6 is 15.9 Å². The van der Waals surface area contributed by atoms with Crippen LogP contribution in [0.2, 0.25) is 0 Å². The van der Waals surface area contributed by atoms with E-state index in [0.717, 1.165) is 21.2 Å². The molecule has 0 atom stereocenters. The summed E-state index contributed by atoms with van der Waals surface area (Å²) >= 11 is 3.59. The highest BCUT2D eigenvalue weighted by atomic mass is 79.9. The Labute approximate surface area is 115 Å². The summed E-state index contributed by atoms with van der Waals surface area (Å²) < 4.78 is 1.05. The highest BCUT2D eigenvalue weighted by Crippen LogP contribution is 2.27. The van der Waals surface area contributed by atoms with Crippen LogP contribution in [0.25, 0.3) is 22.2 Å². The van der Waals surface area contributed by atoms with Gasteiger partial charge < -0.3 is 0 Å². The van der Waals surface area contributed by atoms with Gasteiger partial charge >= 0.3 is 0 Å². The molecule has 0 unspecified atom stereocenters. The predicted octanol–water partition coefficient (Wildman–Crippen LogP) is 4.97. The number of pyridine rings is 1. The quantitative estimate of drug-likeness (QED) is 0.618. The Bertz CT molecular complexity index is 705. The molecule has 0 radical (unpaired) electrons. The first-order valence-corrected chi connectivity index (χ1v) is 6.66. The fourth-order valence-corrected chi connectivity index (χ4v) is 2.78. The van der Waals surface area contributed by atoms with E-state index in [-0.39, 0.29) is 0 Å². The van der Waals surface area contributed by atoms with Gasteiger partial charge in [-0.3, -0.25) is 0 Å². The van der Waals surface area contributed by atoms with Crippen LogP contribution in [0.4, 0.5) is 0 Å². The van der Waals surface area contributed by atoms with Crippen LogP contribution in [0.3, 0.4) is 0 Å². The average Bonchev–Trinajstić information content (AvgIpc) is 2.39. The van der Waals surface area contributed by atoms with Crippen molar-refractivity contribution in [3.63, 3.8) is 0 Å². The second-order valence-corrected chi connectivity index (χ2v) is 5.24. The van der Waals surface area contributed by atoms with Crippen LogP contribution in [-0.2, 0) is 0 Å².